The fourth-order valence-electron chi connectivity index (χ4n) is 5.18. The van der Waals surface area contributed by atoms with E-state index in [1.807, 2.05) is 18.2 Å². The Kier molecular flexibility index (Phi) is 9.75. The molecule has 0 aromatic carbocycles. The normalized spacial score (nSPS) is 22.1. The zero-order chi connectivity index (χ0) is 24.5. The number of methoxy groups -OCH3 is 1. The number of nitrogens with zero attached hydrogens (tertiary/aromatic N) is 2. The van der Waals surface area contributed by atoms with Crippen molar-refractivity contribution in [3.8, 4) is 11.3 Å². The van der Waals surface area contributed by atoms with Gasteiger partial charge in [0.1, 0.15) is 5.82 Å². The van der Waals surface area contributed by atoms with Crippen LogP contribution in [0.1, 0.15) is 44.2 Å². The molecule has 2 fully saturated rings. The van der Waals surface area contributed by atoms with Crippen LogP contribution in [0, 0.1) is 11.3 Å². The second kappa shape index (κ2) is 13.0. The Balaban J connectivity index is 1.37. The van der Waals surface area contributed by atoms with Crippen LogP contribution in [0.15, 0.2) is 30.5 Å². The van der Waals surface area contributed by atoms with E-state index in [4.69, 9.17) is 26.1 Å². The van der Waals surface area contributed by atoms with Crippen molar-refractivity contribution >= 4 is 17.4 Å². The first-order chi connectivity index (χ1) is 17.1. The van der Waals surface area contributed by atoms with Crippen molar-refractivity contribution in [2.75, 3.05) is 51.9 Å². The molecule has 3 N–H and O–H groups in total. The molecule has 0 radical (unpaired) electrons. The van der Waals surface area contributed by atoms with Crippen LogP contribution in [0.2, 0.25) is 5.02 Å². The highest BCUT2D eigenvalue weighted by atomic mass is 35.5. The molecular formula is C27H39ClN4O3. The van der Waals surface area contributed by atoms with Crippen LogP contribution in [0.25, 0.3) is 11.3 Å². The second-order valence-electron chi connectivity index (χ2n) is 10.1. The summed E-state index contributed by atoms with van der Waals surface area (Å²) < 4.78 is 10.6. The molecule has 0 unspecified atom stereocenters. The van der Waals surface area contributed by atoms with Gasteiger partial charge in [-0.15, -0.1) is 0 Å². The first kappa shape index (κ1) is 26.3. The maximum Gasteiger partial charge on any atom is 0.126 e. The van der Waals surface area contributed by atoms with E-state index in [1.165, 1.54) is 25.7 Å². The van der Waals surface area contributed by atoms with E-state index in [2.05, 4.69) is 21.7 Å². The van der Waals surface area contributed by atoms with Crippen LogP contribution >= 0.6 is 11.6 Å². The number of pyridine rings is 2. The van der Waals surface area contributed by atoms with Gasteiger partial charge in [0.15, 0.2) is 0 Å². The lowest BCUT2D eigenvalue weighted by Gasteiger charge is -2.35. The van der Waals surface area contributed by atoms with Gasteiger partial charge in [-0.05, 0) is 69.1 Å². The monoisotopic (exact) mass is 502 g/mol. The largest absolute Gasteiger partial charge is 0.396 e. The van der Waals surface area contributed by atoms with Crippen molar-refractivity contribution in [3.63, 3.8) is 0 Å². The van der Waals surface area contributed by atoms with Crippen LogP contribution in [0.4, 0.5) is 5.82 Å². The molecule has 2 aromatic rings. The minimum atomic E-state index is -0.157. The molecule has 2 aromatic heterocycles. The summed E-state index contributed by atoms with van der Waals surface area (Å²) in [5.41, 5.74) is 2.66. The van der Waals surface area contributed by atoms with Crippen LogP contribution in [0.3, 0.4) is 0 Å². The van der Waals surface area contributed by atoms with Crippen molar-refractivity contribution in [1.29, 1.82) is 0 Å². The standard InChI is InChI=1S/C27H39ClN4O3/c1-34-14-11-29-21-7-5-20(6-8-21)15-22-16-23(24(28)17-30-22)25-3-2-4-26(32-25)31-18-27(19-33)9-12-35-13-10-27/h2-4,16-17,20-21,29,33H,5-15,18-19H2,1H3,(H,31,32). The molecule has 1 aliphatic heterocycles. The number of aromatic nitrogens is 2. The van der Waals surface area contributed by atoms with Gasteiger partial charge in [-0.1, -0.05) is 17.7 Å². The molecule has 0 spiro atoms. The van der Waals surface area contributed by atoms with Gasteiger partial charge in [0.25, 0.3) is 0 Å². The third-order valence-corrected chi connectivity index (χ3v) is 7.86. The lowest BCUT2D eigenvalue weighted by Crippen LogP contribution is -2.39. The maximum atomic E-state index is 9.97. The van der Waals surface area contributed by atoms with Gasteiger partial charge >= 0.3 is 0 Å². The summed E-state index contributed by atoms with van der Waals surface area (Å²) in [4.78, 5) is 9.46. The van der Waals surface area contributed by atoms with Crippen molar-refractivity contribution in [1.82, 2.24) is 15.3 Å². The highest BCUT2D eigenvalue weighted by Gasteiger charge is 2.32. The highest BCUT2D eigenvalue weighted by Crippen LogP contribution is 2.32. The smallest absolute Gasteiger partial charge is 0.126 e. The summed E-state index contributed by atoms with van der Waals surface area (Å²) >= 11 is 6.56. The number of hydrogen-bond donors (Lipinski definition) is 3. The molecule has 0 amide bonds. The number of ether oxygens (including phenoxy) is 2. The van der Waals surface area contributed by atoms with E-state index in [9.17, 15) is 5.11 Å². The summed E-state index contributed by atoms with van der Waals surface area (Å²) in [5.74, 6) is 1.43. The SMILES string of the molecule is COCCNC1CCC(Cc2cc(-c3cccc(NCC4(CO)CCOCC4)n3)c(Cl)cn2)CC1. The molecule has 0 bridgehead atoms. The van der Waals surface area contributed by atoms with Crippen LogP contribution in [-0.2, 0) is 15.9 Å². The van der Waals surface area contributed by atoms with Gasteiger partial charge < -0.3 is 25.2 Å². The first-order valence-corrected chi connectivity index (χ1v) is 13.3. The number of rotatable bonds is 11. The summed E-state index contributed by atoms with van der Waals surface area (Å²) in [6, 6.07) is 8.65. The van der Waals surface area contributed by atoms with Gasteiger partial charge in [-0.25, -0.2) is 4.98 Å². The fraction of sp³-hybridized carbons (Fsp3) is 0.630. The predicted octanol–water partition coefficient (Wildman–Crippen LogP) is 4.34. The second-order valence-corrected chi connectivity index (χ2v) is 10.5. The zero-order valence-electron chi connectivity index (χ0n) is 20.8. The van der Waals surface area contributed by atoms with Gasteiger partial charge in [0.05, 0.1) is 23.9 Å². The highest BCUT2D eigenvalue weighted by molar-refractivity contribution is 6.33. The van der Waals surface area contributed by atoms with E-state index < -0.39 is 0 Å². The molecule has 192 valence electrons. The molecular weight excluding hydrogens is 464 g/mol. The Hall–Kier alpha value is -1.77. The third kappa shape index (κ3) is 7.37. The third-order valence-electron chi connectivity index (χ3n) is 7.55. The average Bonchev–Trinajstić information content (AvgIpc) is 2.90. The molecule has 1 saturated heterocycles. The van der Waals surface area contributed by atoms with Gasteiger partial charge in [-0.2, -0.15) is 0 Å². The summed E-state index contributed by atoms with van der Waals surface area (Å²) in [6.45, 7) is 3.88. The summed E-state index contributed by atoms with van der Waals surface area (Å²) in [7, 11) is 1.74. The maximum absolute atomic E-state index is 9.97. The minimum Gasteiger partial charge on any atom is -0.396 e. The van der Waals surface area contributed by atoms with Crippen molar-refractivity contribution < 1.29 is 14.6 Å². The average molecular weight is 503 g/mol. The molecule has 0 atom stereocenters. The molecule has 2 aliphatic rings. The fourth-order valence-corrected chi connectivity index (χ4v) is 5.38. The molecule has 35 heavy (non-hydrogen) atoms. The van der Waals surface area contributed by atoms with Crippen molar-refractivity contribution in [2.45, 2.75) is 51.0 Å². The zero-order valence-corrected chi connectivity index (χ0v) is 21.5. The van der Waals surface area contributed by atoms with Crippen molar-refractivity contribution in [3.05, 3.63) is 41.2 Å². The topological polar surface area (TPSA) is 88.5 Å². The first-order valence-electron chi connectivity index (χ1n) is 12.9. The lowest BCUT2D eigenvalue weighted by molar-refractivity contribution is -0.00861. The molecule has 1 saturated carbocycles. The molecule has 8 heteroatoms. The number of halogens is 1. The Morgan fingerprint density at radius 1 is 1.20 bits per heavy atom. The van der Waals surface area contributed by atoms with E-state index in [0.29, 0.717) is 36.7 Å². The predicted molar refractivity (Wildman–Crippen MR) is 140 cm³/mol. The molecule has 4 rings (SSSR count). The lowest BCUT2D eigenvalue weighted by atomic mass is 9.81. The van der Waals surface area contributed by atoms with Crippen LogP contribution < -0.4 is 10.6 Å². The number of aliphatic hydroxyl groups is 1. The Labute approximate surface area is 214 Å². The number of anilines is 1. The Morgan fingerprint density at radius 2 is 2.00 bits per heavy atom. The van der Waals surface area contributed by atoms with E-state index in [0.717, 1.165) is 55.2 Å². The number of nitrogens with one attached hydrogen (secondary N) is 2. The van der Waals surface area contributed by atoms with Gasteiger partial charge in [-0.3, -0.25) is 4.98 Å². The van der Waals surface area contributed by atoms with E-state index in [-0.39, 0.29) is 12.0 Å². The molecule has 3 heterocycles. The number of aliphatic hydroxyl groups excluding tert-OH is 1. The Morgan fingerprint density at radius 3 is 2.74 bits per heavy atom. The quantitative estimate of drug-likeness (QED) is 0.394. The molecule has 1 aliphatic carbocycles. The van der Waals surface area contributed by atoms with Crippen molar-refractivity contribution in [2.24, 2.45) is 11.3 Å². The summed E-state index contributed by atoms with van der Waals surface area (Å²) in [6.07, 6.45) is 9.24. The number of hydrogen-bond acceptors (Lipinski definition) is 7. The Bertz CT molecular complexity index is 930. The summed E-state index contributed by atoms with van der Waals surface area (Å²) in [5, 5.41) is 17.6. The van der Waals surface area contributed by atoms with Gasteiger partial charge in [0, 0.05) is 62.3 Å². The van der Waals surface area contributed by atoms with Crippen LogP contribution in [-0.4, -0.2) is 67.7 Å². The minimum absolute atomic E-state index is 0.147. The van der Waals surface area contributed by atoms with Crippen LogP contribution in [0.5, 0.6) is 0 Å². The van der Waals surface area contributed by atoms with E-state index >= 15 is 0 Å². The molecule has 7 nitrogen and oxygen atoms in total. The van der Waals surface area contributed by atoms with Gasteiger partial charge in [0.2, 0.25) is 0 Å². The van der Waals surface area contributed by atoms with E-state index in [1.54, 1.807) is 13.3 Å².